The molecule has 0 amide bonds. The van der Waals surface area contributed by atoms with Gasteiger partial charge in [-0.2, -0.15) is 8.42 Å². The number of hydrogen-bond donors (Lipinski definition) is 1. The molecule has 6 heteroatoms. The second-order valence-electron chi connectivity index (χ2n) is 6.03. The largest absolute Gasteiger partial charge is 0.381 e. The van der Waals surface area contributed by atoms with Gasteiger partial charge in [0.2, 0.25) is 0 Å². The minimum absolute atomic E-state index is 0.230. The average Bonchev–Trinajstić information content (AvgIpc) is 3.07. The minimum atomic E-state index is -3.65. The zero-order valence-corrected chi connectivity index (χ0v) is 15.2. The fourth-order valence-electron chi connectivity index (χ4n) is 2.90. The molecule has 0 bridgehead atoms. The third kappa shape index (κ3) is 4.39. The molecule has 0 saturated carbocycles. The van der Waals surface area contributed by atoms with Crippen LogP contribution in [0, 0.1) is 0 Å². The van der Waals surface area contributed by atoms with Crippen LogP contribution in [0.2, 0.25) is 0 Å². The first kappa shape index (κ1) is 17.5. The van der Waals surface area contributed by atoms with Gasteiger partial charge in [0.15, 0.2) is 0 Å². The van der Waals surface area contributed by atoms with Gasteiger partial charge in [-0.15, -0.1) is 4.40 Å². The second kappa shape index (κ2) is 7.70. The van der Waals surface area contributed by atoms with Crippen molar-refractivity contribution in [1.29, 1.82) is 0 Å². The molecule has 0 aromatic heterocycles. The highest BCUT2D eigenvalue weighted by Gasteiger charge is 2.21. The van der Waals surface area contributed by atoms with E-state index in [0.717, 1.165) is 31.6 Å². The van der Waals surface area contributed by atoms with Gasteiger partial charge in [0.05, 0.1) is 4.90 Å². The molecule has 0 radical (unpaired) electrons. The molecule has 132 valence electrons. The first-order valence-electron chi connectivity index (χ1n) is 8.55. The van der Waals surface area contributed by atoms with E-state index in [-0.39, 0.29) is 4.90 Å². The molecule has 0 spiro atoms. The summed E-state index contributed by atoms with van der Waals surface area (Å²) < 4.78 is 29.1. The Morgan fingerprint density at radius 3 is 2.48 bits per heavy atom. The third-order valence-corrected chi connectivity index (χ3v) is 5.61. The zero-order valence-electron chi connectivity index (χ0n) is 14.4. The molecule has 0 atom stereocenters. The predicted molar refractivity (Wildman–Crippen MR) is 101 cm³/mol. The summed E-state index contributed by atoms with van der Waals surface area (Å²) in [6.07, 6.45) is 1.69. The van der Waals surface area contributed by atoms with Crippen LogP contribution in [0.5, 0.6) is 0 Å². The molecule has 2 aromatic rings. The minimum Gasteiger partial charge on any atom is -0.381 e. The smallest absolute Gasteiger partial charge is 0.283 e. The first-order valence-corrected chi connectivity index (χ1v) is 9.99. The Balaban J connectivity index is 1.70. The van der Waals surface area contributed by atoms with Crippen molar-refractivity contribution in [3.05, 3.63) is 60.2 Å². The van der Waals surface area contributed by atoms with Crippen LogP contribution in [0.4, 0.5) is 5.69 Å². The quantitative estimate of drug-likeness (QED) is 0.859. The maximum atomic E-state index is 12.5. The van der Waals surface area contributed by atoms with Crippen LogP contribution in [0.3, 0.4) is 0 Å². The molecule has 1 aliphatic rings. The van der Waals surface area contributed by atoms with E-state index < -0.39 is 10.0 Å². The van der Waals surface area contributed by atoms with Crippen LogP contribution < -0.4 is 5.32 Å². The topological polar surface area (TPSA) is 61.8 Å². The van der Waals surface area contributed by atoms with Gasteiger partial charge < -0.3 is 10.2 Å². The van der Waals surface area contributed by atoms with Gasteiger partial charge in [0, 0.05) is 31.7 Å². The number of amidine groups is 1. The van der Waals surface area contributed by atoms with E-state index in [1.165, 1.54) is 5.56 Å². The summed E-state index contributed by atoms with van der Waals surface area (Å²) in [6.45, 7) is 4.38. The molecule has 1 aliphatic heterocycles. The van der Waals surface area contributed by atoms with E-state index in [0.29, 0.717) is 12.4 Å². The van der Waals surface area contributed by atoms with Gasteiger partial charge in [-0.1, -0.05) is 30.3 Å². The predicted octanol–water partition coefficient (Wildman–Crippen LogP) is 3.50. The second-order valence-corrected chi connectivity index (χ2v) is 7.63. The maximum absolute atomic E-state index is 12.5. The molecule has 2 aromatic carbocycles. The van der Waals surface area contributed by atoms with Crippen molar-refractivity contribution in [2.24, 2.45) is 4.40 Å². The van der Waals surface area contributed by atoms with Crippen LogP contribution >= 0.6 is 0 Å². The third-order valence-electron chi connectivity index (χ3n) is 4.29. The normalized spacial score (nSPS) is 16.4. The molecule has 1 heterocycles. The van der Waals surface area contributed by atoms with Crippen molar-refractivity contribution in [3.8, 4) is 0 Å². The molecule has 3 rings (SSSR count). The van der Waals surface area contributed by atoms with Gasteiger partial charge in [0.25, 0.3) is 10.0 Å². The highest BCUT2D eigenvalue weighted by molar-refractivity contribution is 7.90. The molecule has 0 unspecified atom stereocenters. The van der Waals surface area contributed by atoms with Crippen molar-refractivity contribution >= 4 is 21.5 Å². The summed E-state index contributed by atoms with van der Waals surface area (Å²) in [5.41, 5.74) is 2.05. The van der Waals surface area contributed by atoms with E-state index in [1.807, 2.05) is 42.2 Å². The van der Waals surface area contributed by atoms with Gasteiger partial charge >= 0.3 is 0 Å². The summed E-state index contributed by atoms with van der Waals surface area (Å²) in [5.74, 6) is 0.675. The van der Waals surface area contributed by atoms with Crippen LogP contribution in [0.1, 0.15) is 25.3 Å². The summed E-state index contributed by atoms with van der Waals surface area (Å²) in [4.78, 5) is 2.25. The number of sulfonamides is 1. The summed E-state index contributed by atoms with van der Waals surface area (Å²) >= 11 is 0. The SMILES string of the molecule is CCN1CCC/C1=N/S(=O)(=O)c1ccc(NCc2ccccc2)cc1. The van der Waals surface area contributed by atoms with E-state index in [4.69, 9.17) is 0 Å². The lowest BCUT2D eigenvalue weighted by molar-refractivity contribution is 0.479. The van der Waals surface area contributed by atoms with E-state index in [1.54, 1.807) is 24.3 Å². The zero-order chi connectivity index (χ0) is 17.7. The number of likely N-dealkylation sites (tertiary alicyclic amines) is 1. The van der Waals surface area contributed by atoms with Gasteiger partial charge in [-0.05, 0) is 43.2 Å². The van der Waals surface area contributed by atoms with Gasteiger partial charge in [0.1, 0.15) is 5.84 Å². The lowest BCUT2D eigenvalue weighted by atomic mass is 10.2. The number of benzene rings is 2. The van der Waals surface area contributed by atoms with Crippen molar-refractivity contribution in [2.75, 3.05) is 18.4 Å². The Morgan fingerprint density at radius 2 is 1.80 bits per heavy atom. The molecule has 1 N–H and O–H groups in total. The van der Waals surface area contributed by atoms with Crippen molar-refractivity contribution in [3.63, 3.8) is 0 Å². The highest BCUT2D eigenvalue weighted by atomic mass is 32.2. The molecule has 25 heavy (non-hydrogen) atoms. The van der Waals surface area contributed by atoms with E-state index in [2.05, 4.69) is 9.71 Å². The summed E-state index contributed by atoms with van der Waals surface area (Å²) in [6, 6.07) is 16.8. The van der Waals surface area contributed by atoms with Gasteiger partial charge in [-0.3, -0.25) is 0 Å². The molecule has 1 saturated heterocycles. The Morgan fingerprint density at radius 1 is 1.08 bits per heavy atom. The molecule has 5 nitrogen and oxygen atoms in total. The molecule has 1 fully saturated rings. The lowest BCUT2D eigenvalue weighted by Crippen LogP contribution is -2.25. The molecule has 0 aliphatic carbocycles. The Hall–Kier alpha value is -2.34. The number of anilines is 1. The number of nitrogens with one attached hydrogen (secondary N) is 1. The standard InChI is InChI=1S/C19H23N3O2S/c1-2-22-14-6-9-19(22)21-25(23,24)18-12-10-17(11-13-18)20-15-16-7-4-3-5-8-16/h3-5,7-8,10-13,20H,2,6,9,14-15H2,1H3/b21-19-. The van der Waals surface area contributed by atoms with Gasteiger partial charge in [-0.25, -0.2) is 0 Å². The van der Waals surface area contributed by atoms with Crippen molar-refractivity contribution in [2.45, 2.75) is 31.2 Å². The molecular weight excluding hydrogens is 334 g/mol. The van der Waals surface area contributed by atoms with Crippen molar-refractivity contribution < 1.29 is 8.42 Å². The first-order chi connectivity index (χ1) is 12.1. The monoisotopic (exact) mass is 357 g/mol. The molecular formula is C19H23N3O2S. The van der Waals surface area contributed by atoms with Crippen LogP contribution in [0.15, 0.2) is 63.9 Å². The number of rotatable bonds is 6. The van der Waals surface area contributed by atoms with Crippen LogP contribution in [-0.4, -0.2) is 32.2 Å². The summed E-state index contributed by atoms with van der Waals surface area (Å²) in [5, 5.41) is 3.29. The summed E-state index contributed by atoms with van der Waals surface area (Å²) in [7, 11) is -3.65. The number of hydrogen-bond acceptors (Lipinski definition) is 3. The lowest BCUT2D eigenvalue weighted by Gasteiger charge is -2.15. The van der Waals surface area contributed by atoms with Crippen LogP contribution in [0.25, 0.3) is 0 Å². The average molecular weight is 357 g/mol. The Bertz CT molecular complexity index is 831. The van der Waals surface area contributed by atoms with Crippen molar-refractivity contribution in [1.82, 2.24) is 4.90 Å². The maximum Gasteiger partial charge on any atom is 0.283 e. The van der Waals surface area contributed by atoms with E-state index in [9.17, 15) is 8.42 Å². The Labute approximate surface area is 149 Å². The van der Waals surface area contributed by atoms with Crippen LogP contribution in [-0.2, 0) is 16.6 Å². The fraction of sp³-hybridized carbons (Fsp3) is 0.316. The number of nitrogens with zero attached hydrogens (tertiary/aromatic N) is 2. The highest BCUT2D eigenvalue weighted by Crippen LogP contribution is 2.20. The fourth-order valence-corrected chi connectivity index (χ4v) is 3.97. The van der Waals surface area contributed by atoms with E-state index >= 15 is 0 Å². The Kier molecular flexibility index (Phi) is 5.38.